The molecule has 3 heterocycles. The van der Waals surface area contributed by atoms with Crippen LogP contribution in [0.3, 0.4) is 0 Å². The molecule has 0 aliphatic carbocycles. The van der Waals surface area contributed by atoms with Gasteiger partial charge in [-0.05, 0) is 48.2 Å². The van der Waals surface area contributed by atoms with Crippen molar-refractivity contribution in [2.45, 2.75) is 6.54 Å². The summed E-state index contributed by atoms with van der Waals surface area (Å²) in [4.78, 5) is 20.1. The monoisotopic (exact) mass is 434 g/mol. The number of methoxy groups -OCH3 is 1. The second-order valence-electron chi connectivity index (χ2n) is 6.76. The van der Waals surface area contributed by atoms with E-state index in [-0.39, 0.29) is 12.7 Å². The number of thioether (sulfide) groups is 1. The van der Waals surface area contributed by atoms with E-state index in [2.05, 4.69) is 4.99 Å². The predicted octanol–water partition coefficient (Wildman–Crippen LogP) is 4.82. The summed E-state index contributed by atoms with van der Waals surface area (Å²) in [6, 6.07) is 16.7. The van der Waals surface area contributed by atoms with Crippen LogP contribution < -0.4 is 14.2 Å². The van der Waals surface area contributed by atoms with Crippen molar-refractivity contribution in [1.29, 1.82) is 0 Å². The molecule has 156 valence electrons. The van der Waals surface area contributed by atoms with Crippen molar-refractivity contribution in [3.63, 3.8) is 0 Å². The van der Waals surface area contributed by atoms with E-state index < -0.39 is 0 Å². The van der Waals surface area contributed by atoms with Crippen molar-refractivity contribution in [1.82, 2.24) is 4.90 Å². The van der Waals surface area contributed by atoms with Crippen LogP contribution in [-0.4, -0.2) is 29.9 Å². The zero-order valence-electron chi connectivity index (χ0n) is 16.6. The van der Waals surface area contributed by atoms with Crippen molar-refractivity contribution in [2.75, 3.05) is 13.9 Å². The molecule has 0 N–H and O–H groups in total. The Morgan fingerprint density at radius 3 is 2.68 bits per heavy atom. The molecule has 1 saturated heterocycles. The molecule has 2 aromatic carbocycles. The van der Waals surface area contributed by atoms with E-state index in [4.69, 9.17) is 18.6 Å². The van der Waals surface area contributed by atoms with Crippen LogP contribution in [0.15, 0.2) is 75.2 Å². The van der Waals surface area contributed by atoms with E-state index >= 15 is 0 Å². The number of amides is 1. The predicted molar refractivity (Wildman–Crippen MR) is 117 cm³/mol. The van der Waals surface area contributed by atoms with Gasteiger partial charge in [0.05, 0.1) is 30.5 Å². The number of benzene rings is 2. The van der Waals surface area contributed by atoms with Gasteiger partial charge < -0.3 is 18.6 Å². The Balaban J connectivity index is 1.53. The largest absolute Gasteiger partial charge is 0.496 e. The Hall–Kier alpha value is -3.65. The first-order chi connectivity index (χ1) is 15.2. The molecule has 0 spiro atoms. The standard InChI is InChI=1S/C23H18N2O5S/c1-27-18-12-20-19(29-14-30-20)10-15(18)11-21-22(26)25(13-17-8-5-9-28-17)23(31-21)24-16-6-3-2-4-7-16/h2-12H,13-14H2,1H3. The minimum atomic E-state index is -0.157. The molecule has 2 aliphatic rings. The van der Waals surface area contributed by atoms with Gasteiger partial charge in [-0.25, -0.2) is 4.99 Å². The molecule has 1 amide bonds. The fourth-order valence-electron chi connectivity index (χ4n) is 3.27. The molecule has 1 aromatic heterocycles. The summed E-state index contributed by atoms with van der Waals surface area (Å²) in [5.41, 5.74) is 1.49. The van der Waals surface area contributed by atoms with Gasteiger partial charge in [0.2, 0.25) is 6.79 Å². The van der Waals surface area contributed by atoms with E-state index in [1.165, 1.54) is 11.8 Å². The summed E-state index contributed by atoms with van der Waals surface area (Å²) in [7, 11) is 1.58. The maximum Gasteiger partial charge on any atom is 0.267 e. The summed E-state index contributed by atoms with van der Waals surface area (Å²) in [5, 5.41) is 0.582. The van der Waals surface area contributed by atoms with Crippen molar-refractivity contribution < 1.29 is 23.4 Å². The van der Waals surface area contributed by atoms with Crippen LogP contribution in [0.1, 0.15) is 11.3 Å². The molecule has 0 radical (unpaired) electrons. The number of fused-ring (bicyclic) bond motifs is 1. The number of furan rings is 1. The zero-order valence-corrected chi connectivity index (χ0v) is 17.4. The molecule has 8 heteroatoms. The topological polar surface area (TPSA) is 73.5 Å². The Labute approximate surface area is 182 Å². The maximum atomic E-state index is 13.3. The fourth-order valence-corrected chi connectivity index (χ4v) is 4.26. The number of hydrogen-bond acceptors (Lipinski definition) is 7. The van der Waals surface area contributed by atoms with Crippen LogP contribution in [-0.2, 0) is 11.3 Å². The molecular weight excluding hydrogens is 416 g/mol. The Morgan fingerprint density at radius 2 is 1.94 bits per heavy atom. The number of rotatable bonds is 5. The van der Waals surface area contributed by atoms with Gasteiger partial charge in [0, 0.05) is 11.6 Å². The number of hydrogen-bond donors (Lipinski definition) is 0. The highest BCUT2D eigenvalue weighted by atomic mass is 32.2. The average Bonchev–Trinajstić information content (AvgIpc) is 3.52. The lowest BCUT2D eigenvalue weighted by Crippen LogP contribution is -2.28. The Bertz CT molecular complexity index is 1170. The van der Waals surface area contributed by atoms with Crippen LogP contribution in [0, 0.1) is 0 Å². The van der Waals surface area contributed by atoms with Crippen LogP contribution in [0.2, 0.25) is 0 Å². The molecule has 0 unspecified atom stereocenters. The molecule has 5 rings (SSSR count). The molecule has 2 aliphatic heterocycles. The highest BCUT2D eigenvalue weighted by Crippen LogP contribution is 2.41. The van der Waals surface area contributed by atoms with E-state index in [1.807, 2.05) is 42.5 Å². The van der Waals surface area contributed by atoms with Gasteiger partial charge in [0.15, 0.2) is 16.7 Å². The number of aliphatic imine (C=N–C) groups is 1. The smallest absolute Gasteiger partial charge is 0.267 e. The van der Waals surface area contributed by atoms with Gasteiger partial charge in [-0.3, -0.25) is 9.69 Å². The quantitative estimate of drug-likeness (QED) is 0.536. The van der Waals surface area contributed by atoms with Crippen LogP contribution in [0.5, 0.6) is 17.2 Å². The third kappa shape index (κ3) is 3.89. The molecule has 0 atom stereocenters. The van der Waals surface area contributed by atoms with Gasteiger partial charge in [0.1, 0.15) is 11.5 Å². The molecule has 3 aromatic rings. The first-order valence-corrected chi connectivity index (χ1v) is 10.4. The minimum Gasteiger partial charge on any atom is -0.496 e. The second kappa shape index (κ2) is 8.23. The summed E-state index contributed by atoms with van der Waals surface area (Å²) >= 11 is 1.31. The summed E-state index contributed by atoms with van der Waals surface area (Å²) in [5.74, 6) is 2.35. The lowest BCUT2D eigenvalue weighted by molar-refractivity contribution is -0.122. The summed E-state index contributed by atoms with van der Waals surface area (Å²) < 4.78 is 21.8. The van der Waals surface area contributed by atoms with Crippen molar-refractivity contribution in [3.05, 3.63) is 77.1 Å². The number of carbonyl (C=O) groups is 1. The number of carbonyl (C=O) groups excluding carboxylic acids is 1. The summed E-state index contributed by atoms with van der Waals surface area (Å²) in [6.45, 7) is 0.455. The molecular formula is C23H18N2O5S. The third-order valence-electron chi connectivity index (χ3n) is 4.77. The minimum absolute atomic E-state index is 0.157. The van der Waals surface area contributed by atoms with Gasteiger partial charge in [-0.15, -0.1) is 0 Å². The van der Waals surface area contributed by atoms with Crippen molar-refractivity contribution in [3.8, 4) is 17.2 Å². The zero-order chi connectivity index (χ0) is 21.2. The Kier molecular flexibility index (Phi) is 5.13. The van der Waals surface area contributed by atoms with E-state index in [1.54, 1.807) is 36.5 Å². The maximum absolute atomic E-state index is 13.3. The third-order valence-corrected chi connectivity index (χ3v) is 5.78. The lowest BCUT2D eigenvalue weighted by atomic mass is 10.1. The molecule has 1 fully saturated rings. The molecule has 7 nitrogen and oxygen atoms in total. The average molecular weight is 434 g/mol. The van der Waals surface area contributed by atoms with Crippen molar-refractivity contribution >= 4 is 34.6 Å². The first kappa shape index (κ1) is 19.3. The SMILES string of the molecule is COc1cc2c(cc1C=C1SC(=Nc3ccccc3)N(Cc3ccco3)C1=O)OCO2. The van der Waals surface area contributed by atoms with Crippen molar-refractivity contribution in [2.24, 2.45) is 4.99 Å². The van der Waals surface area contributed by atoms with E-state index in [0.717, 1.165) is 11.3 Å². The van der Waals surface area contributed by atoms with E-state index in [9.17, 15) is 4.79 Å². The van der Waals surface area contributed by atoms with Gasteiger partial charge in [-0.2, -0.15) is 0 Å². The van der Waals surface area contributed by atoms with Crippen LogP contribution in [0.4, 0.5) is 5.69 Å². The number of nitrogens with zero attached hydrogens (tertiary/aromatic N) is 2. The normalized spacial score (nSPS) is 17.7. The highest BCUT2D eigenvalue weighted by molar-refractivity contribution is 8.18. The van der Waals surface area contributed by atoms with E-state index in [0.29, 0.717) is 39.6 Å². The molecule has 0 bridgehead atoms. The number of ether oxygens (including phenoxy) is 3. The first-order valence-electron chi connectivity index (χ1n) is 9.56. The van der Waals surface area contributed by atoms with Gasteiger partial charge in [-0.1, -0.05) is 18.2 Å². The molecule has 31 heavy (non-hydrogen) atoms. The number of amidine groups is 1. The lowest BCUT2D eigenvalue weighted by Gasteiger charge is -2.13. The second-order valence-corrected chi connectivity index (χ2v) is 7.77. The summed E-state index contributed by atoms with van der Waals surface area (Å²) in [6.07, 6.45) is 3.38. The Morgan fingerprint density at radius 1 is 1.13 bits per heavy atom. The molecule has 0 saturated carbocycles. The van der Waals surface area contributed by atoms with Gasteiger partial charge in [0.25, 0.3) is 5.91 Å². The highest BCUT2D eigenvalue weighted by Gasteiger charge is 2.34. The fraction of sp³-hybridized carbons (Fsp3) is 0.130. The van der Waals surface area contributed by atoms with Crippen LogP contribution >= 0.6 is 11.8 Å². The van der Waals surface area contributed by atoms with Gasteiger partial charge >= 0.3 is 0 Å². The number of para-hydroxylation sites is 1. The van der Waals surface area contributed by atoms with Crippen LogP contribution in [0.25, 0.3) is 6.08 Å².